The Labute approximate surface area is 131 Å². The quantitative estimate of drug-likeness (QED) is 0.733. The Morgan fingerprint density at radius 3 is 2.30 bits per heavy atom. The van der Waals surface area contributed by atoms with Crippen LogP contribution in [0.25, 0.3) is 0 Å². The molecule has 0 spiro atoms. The summed E-state index contributed by atoms with van der Waals surface area (Å²) in [5.74, 6) is -0.216. The van der Waals surface area contributed by atoms with Crippen molar-refractivity contribution in [2.24, 2.45) is 0 Å². The molecule has 2 aromatic carbocycles. The van der Waals surface area contributed by atoms with Crippen LogP contribution in [0.5, 0.6) is 0 Å². The van der Waals surface area contributed by atoms with Crippen LogP contribution >= 0.6 is 34.8 Å². The summed E-state index contributed by atoms with van der Waals surface area (Å²) in [7, 11) is 0. The highest BCUT2D eigenvalue weighted by Gasteiger charge is 2.20. The molecular weight excluding hydrogens is 319 g/mol. The Bertz CT molecular complexity index is 687. The summed E-state index contributed by atoms with van der Waals surface area (Å²) in [5.41, 5.74) is 2.95. The van der Waals surface area contributed by atoms with Gasteiger partial charge in [0, 0.05) is 10.6 Å². The number of ketones is 1. The Hall–Kier alpha value is -1.06. The lowest BCUT2D eigenvalue weighted by atomic mass is 9.99. The zero-order chi connectivity index (χ0) is 14.3. The van der Waals surface area contributed by atoms with E-state index in [1.807, 2.05) is 12.1 Å². The number of rotatable bonds is 2. The highest BCUT2D eigenvalue weighted by atomic mass is 35.5. The van der Waals surface area contributed by atoms with Crippen molar-refractivity contribution in [1.29, 1.82) is 0 Å². The van der Waals surface area contributed by atoms with E-state index in [9.17, 15) is 4.79 Å². The molecule has 1 aliphatic heterocycles. The maximum absolute atomic E-state index is 12.5. The standard InChI is InChI=1S/C15H9Cl3O2/c16-11-4-12(17)14(13(18)5-11)15(19)8-1-2-9-6-20-7-10(9)3-8/h1-5H,6-7H2. The number of fused-ring (bicyclic) bond motifs is 1. The average Bonchev–Trinajstić information content (AvgIpc) is 2.84. The molecule has 0 saturated carbocycles. The fraction of sp³-hybridized carbons (Fsp3) is 0.133. The molecule has 2 aromatic rings. The molecule has 0 amide bonds. The van der Waals surface area contributed by atoms with E-state index in [1.165, 1.54) is 12.1 Å². The molecule has 0 aromatic heterocycles. The van der Waals surface area contributed by atoms with Crippen molar-refractivity contribution in [2.75, 3.05) is 0 Å². The minimum atomic E-state index is -0.216. The minimum Gasteiger partial charge on any atom is -0.372 e. The predicted molar refractivity (Wildman–Crippen MR) is 79.8 cm³/mol. The second-order valence-corrected chi connectivity index (χ2v) is 5.80. The summed E-state index contributed by atoms with van der Waals surface area (Å²) in [6, 6.07) is 8.51. The lowest BCUT2D eigenvalue weighted by Gasteiger charge is -2.08. The molecule has 20 heavy (non-hydrogen) atoms. The first-order chi connectivity index (χ1) is 9.56. The van der Waals surface area contributed by atoms with Crippen LogP contribution in [0, 0.1) is 0 Å². The van der Waals surface area contributed by atoms with Crippen LogP contribution in [0.3, 0.4) is 0 Å². The number of carbonyl (C=O) groups excluding carboxylic acids is 1. The Kier molecular flexibility index (Phi) is 3.74. The number of carbonyl (C=O) groups is 1. The first-order valence-electron chi connectivity index (χ1n) is 5.95. The van der Waals surface area contributed by atoms with E-state index < -0.39 is 0 Å². The second-order valence-electron chi connectivity index (χ2n) is 4.55. The van der Waals surface area contributed by atoms with Gasteiger partial charge in [0.25, 0.3) is 0 Å². The van der Waals surface area contributed by atoms with Crippen molar-refractivity contribution < 1.29 is 9.53 Å². The molecule has 0 radical (unpaired) electrons. The summed E-state index contributed by atoms with van der Waals surface area (Å²) in [5, 5.41) is 0.910. The lowest BCUT2D eigenvalue weighted by Crippen LogP contribution is -2.04. The summed E-state index contributed by atoms with van der Waals surface area (Å²) in [6.07, 6.45) is 0. The third-order valence-electron chi connectivity index (χ3n) is 3.22. The van der Waals surface area contributed by atoms with E-state index in [0.717, 1.165) is 11.1 Å². The van der Waals surface area contributed by atoms with Crippen molar-refractivity contribution >= 4 is 40.6 Å². The van der Waals surface area contributed by atoms with Gasteiger partial charge in [-0.1, -0.05) is 46.9 Å². The largest absolute Gasteiger partial charge is 0.372 e. The van der Waals surface area contributed by atoms with Crippen LogP contribution < -0.4 is 0 Å². The molecule has 0 bridgehead atoms. The van der Waals surface area contributed by atoms with Crippen molar-refractivity contribution in [2.45, 2.75) is 13.2 Å². The Morgan fingerprint density at radius 2 is 1.60 bits per heavy atom. The van der Waals surface area contributed by atoms with Crippen LogP contribution in [0.1, 0.15) is 27.0 Å². The van der Waals surface area contributed by atoms with Gasteiger partial charge in [0.1, 0.15) is 0 Å². The van der Waals surface area contributed by atoms with Gasteiger partial charge in [-0.15, -0.1) is 0 Å². The Balaban J connectivity index is 2.05. The fourth-order valence-corrected chi connectivity index (χ4v) is 3.21. The van der Waals surface area contributed by atoms with E-state index in [4.69, 9.17) is 39.5 Å². The monoisotopic (exact) mass is 326 g/mol. The number of halogens is 3. The first kappa shape index (κ1) is 13.9. The zero-order valence-electron chi connectivity index (χ0n) is 10.3. The maximum Gasteiger partial charge on any atom is 0.196 e. The summed E-state index contributed by atoms with van der Waals surface area (Å²) in [6.45, 7) is 1.12. The fourth-order valence-electron chi connectivity index (χ4n) is 2.22. The molecule has 3 rings (SSSR count). The normalized spacial score (nSPS) is 13.3. The molecule has 0 fully saturated rings. The lowest BCUT2D eigenvalue weighted by molar-refractivity contribution is 0.103. The smallest absolute Gasteiger partial charge is 0.196 e. The number of benzene rings is 2. The first-order valence-corrected chi connectivity index (χ1v) is 7.08. The van der Waals surface area contributed by atoms with Crippen molar-refractivity contribution in [3.63, 3.8) is 0 Å². The predicted octanol–water partition coefficient (Wildman–Crippen LogP) is 4.91. The highest BCUT2D eigenvalue weighted by molar-refractivity contribution is 6.43. The molecule has 0 atom stereocenters. The molecule has 0 N–H and O–H groups in total. The van der Waals surface area contributed by atoms with Crippen LogP contribution in [0.2, 0.25) is 15.1 Å². The van der Waals surface area contributed by atoms with Crippen LogP contribution in [0.4, 0.5) is 0 Å². The third-order valence-corrected chi connectivity index (χ3v) is 4.03. The van der Waals surface area contributed by atoms with Crippen LogP contribution in [-0.4, -0.2) is 5.78 Å². The zero-order valence-corrected chi connectivity index (χ0v) is 12.5. The van der Waals surface area contributed by atoms with Crippen LogP contribution in [0.15, 0.2) is 30.3 Å². The van der Waals surface area contributed by atoms with E-state index >= 15 is 0 Å². The molecule has 0 unspecified atom stereocenters. The number of ether oxygens (including phenoxy) is 1. The molecule has 102 valence electrons. The van der Waals surface area contributed by atoms with Gasteiger partial charge in [0.2, 0.25) is 0 Å². The van der Waals surface area contributed by atoms with Gasteiger partial charge < -0.3 is 4.74 Å². The molecule has 1 heterocycles. The summed E-state index contributed by atoms with van der Waals surface area (Å²) in [4.78, 5) is 12.5. The average molecular weight is 328 g/mol. The van der Waals surface area contributed by atoms with Gasteiger partial charge in [-0.05, 0) is 29.3 Å². The SMILES string of the molecule is O=C(c1ccc2c(c1)COC2)c1c(Cl)cc(Cl)cc1Cl. The molecule has 0 aliphatic carbocycles. The molecular formula is C15H9Cl3O2. The van der Waals surface area contributed by atoms with E-state index in [-0.39, 0.29) is 21.4 Å². The van der Waals surface area contributed by atoms with E-state index in [2.05, 4.69) is 0 Å². The van der Waals surface area contributed by atoms with Crippen molar-refractivity contribution in [1.82, 2.24) is 0 Å². The van der Waals surface area contributed by atoms with Gasteiger partial charge in [-0.2, -0.15) is 0 Å². The number of hydrogen-bond donors (Lipinski definition) is 0. The van der Waals surface area contributed by atoms with Gasteiger partial charge in [0.05, 0.1) is 28.8 Å². The van der Waals surface area contributed by atoms with Crippen LogP contribution in [-0.2, 0) is 18.0 Å². The molecule has 2 nitrogen and oxygen atoms in total. The maximum atomic E-state index is 12.5. The van der Waals surface area contributed by atoms with Gasteiger partial charge in [-0.3, -0.25) is 4.79 Å². The van der Waals surface area contributed by atoms with E-state index in [1.54, 1.807) is 6.07 Å². The topological polar surface area (TPSA) is 26.3 Å². The Morgan fingerprint density at radius 1 is 0.950 bits per heavy atom. The highest BCUT2D eigenvalue weighted by Crippen LogP contribution is 2.31. The summed E-state index contributed by atoms with van der Waals surface area (Å²) < 4.78 is 5.34. The second kappa shape index (κ2) is 5.38. The van der Waals surface area contributed by atoms with Crippen molar-refractivity contribution in [3.05, 3.63) is 67.7 Å². The van der Waals surface area contributed by atoms with Gasteiger partial charge in [0.15, 0.2) is 5.78 Å². The molecule has 5 heteroatoms. The van der Waals surface area contributed by atoms with Crippen molar-refractivity contribution in [3.8, 4) is 0 Å². The van der Waals surface area contributed by atoms with Gasteiger partial charge in [-0.25, -0.2) is 0 Å². The van der Waals surface area contributed by atoms with Gasteiger partial charge >= 0.3 is 0 Å². The van der Waals surface area contributed by atoms with E-state index in [0.29, 0.717) is 23.8 Å². The minimum absolute atomic E-state index is 0.216. The molecule has 0 saturated heterocycles. The molecule has 1 aliphatic rings. The summed E-state index contributed by atoms with van der Waals surface area (Å²) >= 11 is 18.0. The third kappa shape index (κ3) is 2.45. The number of hydrogen-bond acceptors (Lipinski definition) is 2.